The highest BCUT2D eigenvalue weighted by Crippen LogP contribution is 2.28. The van der Waals surface area contributed by atoms with Gasteiger partial charge in [0, 0.05) is 5.56 Å². The van der Waals surface area contributed by atoms with Crippen LogP contribution >= 0.6 is 0 Å². The molecule has 1 atom stereocenters. The maximum atomic E-state index is 12.1. The second-order valence-electron chi connectivity index (χ2n) is 5.20. The number of aromatic hydroxyl groups is 1. The highest BCUT2D eigenvalue weighted by atomic mass is 16.5. The summed E-state index contributed by atoms with van der Waals surface area (Å²) in [5.41, 5.74) is 3.57. The van der Waals surface area contributed by atoms with E-state index >= 15 is 0 Å². The number of ether oxygens (including phenoxy) is 2. The second-order valence-corrected chi connectivity index (χ2v) is 5.20. The van der Waals surface area contributed by atoms with Gasteiger partial charge in [-0.15, -0.1) is 0 Å². The van der Waals surface area contributed by atoms with E-state index < -0.39 is 6.04 Å². The smallest absolute Gasteiger partial charge is 0.262 e. The molecule has 25 heavy (non-hydrogen) atoms. The first-order chi connectivity index (χ1) is 12.1. The SMILES string of the molecule is COc1ccccc1NC(C)C(=O)N/N=C/c1cccc(OC)c1O. The number of anilines is 1. The predicted octanol–water partition coefficient (Wildman–Crippen LogP) is 2.36. The lowest BCUT2D eigenvalue weighted by Gasteiger charge is -2.15. The normalized spacial score (nSPS) is 11.8. The number of phenolic OH excluding ortho intramolecular Hbond substituents is 1. The van der Waals surface area contributed by atoms with Crippen molar-refractivity contribution in [3.63, 3.8) is 0 Å². The molecule has 0 aliphatic carbocycles. The Labute approximate surface area is 146 Å². The number of methoxy groups -OCH3 is 2. The molecule has 0 saturated heterocycles. The lowest BCUT2D eigenvalue weighted by atomic mass is 10.2. The van der Waals surface area contributed by atoms with Gasteiger partial charge >= 0.3 is 0 Å². The topological polar surface area (TPSA) is 92.2 Å². The van der Waals surface area contributed by atoms with Gasteiger partial charge in [-0.05, 0) is 31.2 Å². The van der Waals surface area contributed by atoms with E-state index in [0.29, 0.717) is 22.7 Å². The summed E-state index contributed by atoms with van der Waals surface area (Å²) < 4.78 is 10.3. The van der Waals surface area contributed by atoms with Gasteiger partial charge in [0.15, 0.2) is 11.5 Å². The highest BCUT2D eigenvalue weighted by Gasteiger charge is 2.14. The Morgan fingerprint density at radius 2 is 1.80 bits per heavy atom. The summed E-state index contributed by atoms with van der Waals surface area (Å²) in [6.45, 7) is 1.71. The zero-order chi connectivity index (χ0) is 18.2. The number of hydrogen-bond donors (Lipinski definition) is 3. The van der Waals surface area contributed by atoms with E-state index in [1.807, 2.05) is 18.2 Å². The molecule has 3 N–H and O–H groups in total. The van der Waals surface area contributed by atoms with E-state index in [9.17, 15) is 9.90 Å². The van der Waals surface area contributed by atoms with Crippen LogP contribution in [0.25, 0.3) is 0 Å². The number of nitrogens with zero attached hydrogens (tertiary/aromatic N) is 1. The molecule has 1 unspecified atom stereocenters. The third kappa shape index (κ3) is 4.63. The van der Waals surface area contributed by atoms with Crippen molar-refractivity contribution in [3.05, 3.63) is 48.0 Å². The number of hydrogen-bond acceptors (Lipinski definition) is 6. The van der Waals surface area contributed by atoms with Gasteiger partial charge in [-0.2, -0.15) is 5.10 Å². The summed E-state index contributed by atoms with van der Waals surface area (Å²) in [6, 6.07) is 11.8. The van der Waals surface area contributed by atoms with E-state index in [2.05, 4.69) is 15.8 Å². The summed E-state index contributed by atoms with van der Waals surface area (Å²) in [6.07, 6.45) is 1.35. The fraction of sp³-hybridized carbons (Fsp3) is 0.222. The molecule has 7 heteroatoms. The van der Waals surface area contributed by atoms with Crippen LogP contribution in [0.5, 0.6) is 17.2 Å². The van der Waals surface area contributed by atoms with Crippen molar-refractivity contribution < 1.29 is 19.4 Å². The van der Waals surface area contributed by atoms with Crippen LogP contribution in [0.4, 0.5) is 5.69 Å². The number of hydrazone groups is 1. The van der Waals surface area contributed by atoms with E-state index in [4.69, 9.17) is 9.47 Å². The van der Waals surface area contributed by atoms with Crippen molar-refractivity contribution >= 4 is 17.8 Å². The standard InChI is InChI=1S/C18H21N3O4/c1-12(20-14-8-4-5-9-15(14)24-2)18(23)21-19-11-13-7-6-10-16(25-3)17(13)22/h4-12,20,22H,1-3H3,(H,21,23)/b19-11+. The maximum Gasteiger partial charge on any atom is 0.262 e. The zero-order valence-electron chi connectivity index (χ0n) is 14.3. The molecule has 1 amide bonds. The van der Waals surface area contributed by atoms with Crippen molar-refractivity contribution in [1.82, 2.24) is 5.43 Å². The maximum absolute atomic E-state index is 12.1. The largest absolute Gasteiger partial charge is 0.504 e. The van der Waals surface area contributed by atoms with E-state index in [0.717, 1.165) is 0 Å². The fourth-order valence-electron chi connectivity index (χ4n) is 2.13. The number of para-hydroxylation sites is 3. The van der Waals surface area contributed by atoms with E-state index in [1.54, 1.807) is 38.3 Å². The molecule has 0 aromatic heterocycles. The number of phenols is 1. The van der Waals surface area contributed by atoms with Gasteiger partial charge in [-0.3, -0.25) is 4.79 Å². The Bertz CT molecular complexity index is 762. The highest BCUT2D eigenvalue weighted by molar-refractivity contribution is 5.88. The molecular formula is C18H21N3O4. The molecule has 2 aromatic rings. The van der Waals surface area contributed by atoms with Crippen molar-refractivity contribution in [2.24, 2.45) is 5.10 Å². The van der Waals surface area contributed by atoms with Crippen LogP contribution in [0, 0.1) is 0 Å². The Hall–Kier alpha value is -3.22. The summed E-state index contributed by atoms with van der Waals surface area (Å²) in [5, 5.41) is 16.9. The third-order valence-electron chi connectivity index (χ3n) is 3.50. The van der Waals surface area contributed by atoms with Gasteiger partial charge in [0.2, 0.25) is 0 Å². The van der Waals surface area contributed by atoms with E-state index in [1.165, 1.54) is 13.3 Å². The molecule has 0 spiro atoms. The number of rotatable bonds is 7. The molecule has 2 rings (SSSR count). The first kappa shape index (κ1) is 18.1. The Balaban J connectivity index is 1.98. The summed E-state index contributed by atoms with van der Waals surface area (Å²) in [5.74, 6) is 0.612. The van der Waals surface area contributed by atoms with Gasteiger partial charge < -0.3 is 19.9 Å². The van der Waals surface area contributed by atoms with Crippen molar-refractivity contribution in [3.8, 4) is 17.2 Å². The van der Waals surface area contributed by atoms with Crippen LogP contribution in [-0.4, -0.2) is 37.5 Å². The summed E-state index contributed by atoms with van der Waals surface area (Å²) in [4.78, 5) is 12.1. The van der Waals surface area contributed by atoms with Crippen LogP contribution in [-0.2, 0) is 4.79 Å². The van der Waals surface area contributed by atoms with Gasteiger partial charge in [0.05, 0.1) is 26.1 Å². The first-order valence-corrected chi connectivity index (χ1v) is 7.65. The number of nitrogens with one attached hydrogen (secondary N) is 2. The lowest BCUT2D eigenvalue weighted by molar-refractivity contribution is -0.121. The molecule has 0 aliphatic rings. The Morgan fingerprint density at radius 3 is 2.52 bits per heavy atom. The van der Waals surface area contributed by atoms with Crippen molar-refractivity contribution in [1.29, 1.82) is 0 Å². The molecule has 0 heterocycles. The minimum atomic E-state index is -0.535. The predicted molar refractivity (Wildman–Crippen MR) is 96.5 cm³/mol. The van der Waals surface area contributed by atoms with E-state index in [-0.39, 0.29) is 11.7 Å². The number of amides is 1. The minimum Gasteiger partial charge on any atom is -0.504 e. The lowest BCUT2D eigenvalue weighted by Crippen LogP contribution is -2.35. The zero-order valence-corrected chi connectivity index (χ0v) is 14.3. The minimum absolute atomic E-state index is 0.0387. The molecule has 132 valence electrons. The second kappa shape index (κ2) is 8.58. The molecule has 7 nitrogen and oxygen atoms in total. The summed E-state index contributed by atoms with van der Waals surface area (Å²) >= 11 is 0. The quantitative estimate of drug-likeness (QED) is 0.530. The van der Waals surface area contributed by atoms with Gasteiger partial charge in [-0.25, -0.2) is 5.43 Å². The number of carbonyl (C=O) groups excluding carboxylic acids is 1. The average molecular weight is 343 g/mol. The monoisotopic (exact) mass is 343 g/mol. The van der Waals surface area contributed by atoms with Crippen LogP contribution in [0.2, 0.25) is 0 Å². The van der Waals surface area contributed by atoms with Crippen LogP contribution in [0.3, 0.4) is 0 Å². The Kier molecular flexibility index (Phi) is 6.22. The van der Waals surface area contributed by atoms with Crippen LogP contribution in [0.1, 0.15) is 12.5 Å². The molecule has 0 aliphatic heterocycles. The van der Waals surface area contributed by atoms with Crippen molar-refractivity contribution in [2.45, 2.75) is 13.0 Å². The molecule has 0 bridgehead atoms. The first-order valence-electron chi connectivity index (χ1n) is 7.65. The number of benzene rings is 2. The van der Waals surface area contributed by atoms with Crippen LogP contribution < -0.4 is 20.2 Å². The summed E-state index contributed by atoms with van der Waals surface area (Å²) in [7, 11) is 3.03. The molecule has 2 aromatic carbocycles. The molecule has 0 fully saturated rings. The Morgan fingerprint density at radius 1 is 1.12 bits per heavy atom. The van der Waals surface area contributed by atoms with Gasteiger partial charge in [0.1, 0.15) is 11.8 Å². The average Bonchev–Trinajstić information content (AvgIpc) is 2.63. The molecule has 0 saturated carbocycles. The third-order valence-corrected chi connectivity index (χ3v) is 3.50. The molecular weight excluding hydrogens is 322 g/mol. The molecule has 0 radical (unpaired) electrons. The number of carbonyl (C=O) groups is 1. The van der Waals surface area contributed by atoms with Crippen LogP contribution in [0.15, 0.2) is 47.6 Å². The van der Waals surface area contributed by atoms with Gasteiger partial charge in [-0.1, -0.05) is 18.2 Å². The fourth-order valence-corrected chi connectivity index (χ4v) is 2.13. The van der Waals surface area contributed by atoms with Gasteiger partial charge in [0.25, 0.3) is 5.91 Å². The van der Waals surface area contributed by atoms with Crippen molar-refractivity contribution in [2.75, 3.05) is 19.5 Å².